The van der Waals surface area contributed by atoms with Gasteiger partial charge in [0.2, 0.25) is 0 Å². The summed E-state index contributed by atoms with van der Waals surface area (Å²) in [6.45, 7) is 2.31. The predicted octanol–water partition coefficient (Wildman–Crippen LogP) is 4.25. The zero-order chi connectivity index (χ0) is 23.5. The Balaban J connectivity index is 1.77. The van der Waals surface area contributed by atoms with Gasteiger partial charge < -0.3 is 9.15 Å². The Hall–Kier alpha value is -4.02. The lowest BCUT2D eigenvalue weighted by molar-refractivity contribution is -0.156. The number of fused-ring (bicyclic) bond motifs is 6. The van der Waals surface area contributed by atoms with Crippen LogP contribution < -0.4 is 0 Å². The van der Waals surface area contributed by atoms with E-state index in [4.69, 9.17) is 19.1 Å². The van der Waals surface area contributed by atoms with Crippen molar-refractivity contribution in [2.45, 2.75) is 18.4 Å². The lowest BCUT2D eigenvalue weighted by Gasteiger charge is -2.42. The van der Waals surface area contributed by atoms with Gasteiger partial charge in [-0.05, 0) is 43.8 Å². The molecule has 1 aliphatic heterocycles. The van der Waals surface area contributed by atoms with Crippen molar-refractivity contribution < 1.29 is 13.9 Å². The van der Waals surface area contributed by atoms with E-state index in [0.29, 0.717) is 29.2 Å². The number of furan rings is 1. The molecule has 1 spiro atoms. The lowest BCUT2D eigenvalue weighted by atomic mass is 9.62. The molecule has 1 aliphatic carbocycles. The van der Waals surface area contributed by atoms with Crippen molar-refractivity contribution in [3.63, 3.8) is 0 Å². The van der Waals surface area contributed by atoms with Gasteiger partial charge in [0.15, 0.2) is 5.41 Å². The summed E-state index contributed by atoms with van der Waals surface area (Å²) in [6.07, 6.45) is 1.57. The van der Waals surface area contributed by atoms with E-state index < -0.39 is 22.8 Å². The van der Waals surface area contributed by atoms with Crippen molar-refractivity contribution in [3.05, 3.63) is 83.9 Å². The number of ether oxygens (including phenoxy) is 1. The first kappa shape index (κ1) is 20.6. The van der Waals surface area contributed by atoms with Crippen LogP contribution in [0.3, 0.4) is 0 Å². The number of likely N-dealkylation sites (tertiary alicyclic amines) is 1. The fourth-order valence-electron chi connectivity index (χ4n) is 5.99. The summed E-state index contributed by atoms with van der Waals surface area (Å²) in [5.74, 6) is -0.581. The number of nitriles is 1. The van der Waals surface area contributed by atoms with Gasteiger partial charge in [-0.15, -0.1) is 0 Å². The average molecular weight is 450 g/mol. The van der Waals surface area contributed by atoms with Gasteiger partial charge in [-0.3, -0.25) is 9.69 Å². The normalized spacial score (nSPS) is 25.3. The van der Waals surface area contributed by atoms with Gasteiger partial charge >= 0.3 is 5.97 Å². The number of likely N-dealkylation sites (N-methyl/N-ethyl adjacent to an activating group) is 1. The number of carbonyl (C=O) groups excluding carboxylic acids is 1. The summed E-state index contributed by atoms with van der Waals surface area (Å²) >= 11 is 0. The summed E-state index contributed by atoms with van der Waals surface area (Å²) in [4.78, 5) is 26.0. The van der Waals surface area contributed by atoms with E-state index in [1.807, 2.05) is 61.6 Å². The average Bonchev–Trinajstić information content (AvgIpc) is 3.55. The quantitative estimate of drug-likeness (QED) is 0.431. The van der Waals surface area contributed by atoms with Gasteiger partial charge in [0.1, 0.15) is 11.3 Å². The Kier molecular flexibility index (Phi) is 4.38. The Morgan fingerprint density at radius 3 is 2.59 bits per heavy atom. The van der Waals surface area contributed by atoms with Gasteiger partial charge in [-0.25, -0.2) is 9.97 Å². The van der Waals surface area contributed by atoms with Crippen LogP contribution in [0.4, 0.5) is 0 Å². The summed E-state index contributed by atoms with van der Waals surface area (Å²) < 4.78 is 11.4. The van der Waals surface area contributed by atoms with Crippen molar-refractivity contribution >= 4 is 17.0 Å². The number of hydrogen-bond donors (Lipinski definition) is 0. The molecule has 0 unspecified atom stereocenters. The van der Waals surface area contributed by atoms with Crippen LogP contribution >= 0.6 is 0 Å². The molecule has 3 heterocycles. The van der Waals surface area contributed by atoms with Crippen LogP contribution in [-0.4, -0.2) is 41.0 Å². The van der Waals surface area contributed by atoms with Gasteiger partial charge in [0, 0.05) is 12.1 Å². The molecule has 1 saturated heterocycles. The SMILES string of the molecule is CCOC(=O)[C@]1(C#N)[C@@H](c2ccco2)CN(C)[C@@]12c1ccccc1-c1nc3ccccc3nc12. The van der Waals surface area contributed by atoms with Gasteiger partial charge in [-0.1, -0.05) is 36.4 Å². The van der Waals surface area contributed by atoms with Crippen LogP contribution in [0.2, 0.25) is 0 Å². The van der Waals surface area contributed by atoms with Crippen molar-refractivity contribution in [1.29, 1.82) is 5.26 Å². The highest BCUT2D eigenvalue weighted by Crippen LogP contribution is 2.66. The largest absolute Gasteiger partial charge is 0.469 e. The maximum Gasteiger partial charge on any atom is 0.330 e. The van der Waals surface area contributed by atoms with E-state index in [1.165, 1.54) is 0 Å². The van der Waals surface area contributed by atoms with Crippen LogP contribution in [0.15, 0.2) is 71.3 Å². The topological polar surface area (TPSA) is 92.2 Å². The second kappa shape index (κ2) is 7.24. The minimum absolute atomic E-state index is 0.158. The molecule has 6 rings (SSSR count). The van der Waals surface area contributed by atoms with Gasteiger partial charge in [-0.2, -0.15) is 5.26 Å². The Morgan fingerprint density at radius 1 is 1.15 bits per heavy atom. The first-order valence-electron chi connectivity index (χ1n) is 11.3. The minimum atomic E-state index is -1.64. The summed E-state index contributed by atoms with van der Waals surface area (Å²) in [5.41, 5.74) is 1.60. The molecule has 0 radical (unpaired) electrons. The maximum atomic E-state index is 13.9. The Labute approximate surface area is 196 Å². The number of aromatic nitrogens is 2. The molecule has 1 fully saturated rings. The molecule has 7 heteroatoms. The third-order valence-electron chi connectivity index (χ3n) is 7.27. The summed E-state index contributed by atoms with van der Waals surface area (Å²) in [5, 5.41) is 10.9. The van der Waals surface area contributed by atoms with E-state index in [2.05, 4.69) is 11.0 Å². The summed E-state index contributed by atoms with van der Waals surface area (Å²) in [7, 11) is 1.93. The molecule has 2 aromatic carbocycles. The smallest absolute Gasteiger partial charge is 0.330 e. The molecule has 0 bridgehead atoms. The van der Waals surface area contributed by atoms with Crippen LogP contribution in [0.5, 0.6) is 0 Å². The van der Waals surface area contributed by atoms with E-state index in [1.54, 1.807) is 19.3 Å². The molecule has 3 atom stereocenters. The first-order chi connectivity index (χ1) is 16.6. The molecule has 2 aliphatic rings. The van der Waals surface area contributed by atoms with E-state index in [0.717, 1.165) is 16.6 Å². The lowest BCUT2D eigenvalue weighted by Crippen LogP contribution is -2.55. The van der Waals surface area contributed by atoms with Gasteiger partial charge in [0.25, 0.3) is 0 Å². The van der Waals surface area contributed by atoms with Crippen molar-refractivity contribution in [2.75, 3.05) is 20.2 Å². The fraction of sp³-hybridized carbons (Fsp3) is 0.259. The van der Waals surface area contributed by atoms with Crippen molar-refractivity contribution in [1.82, 2.24) is 14.9 Å². The van der Waals surface area contributed by atoms with Crippen LogP contribution in [0.25, 0.3) is 22.3 Å². The zero-order valence-corrected chi connectivity index (χ0v) is 18.9. The first-order valence-corrected chi connectivity index (χ1v) is 11.3. The van der Waals surface area contributed by atoms with Crippen LogP contribution in [-0.2, 0) is 15.1 Å². The standard InChI is InChI=1S/C27H22N4O3/c1-3-33-25(32)26(16-28)19(22-13-8-14-34-22)15-31(2)27(26)18-10-5-4-9-17(18)23-24(27)30-21-12-7-6-11-20(21)29-23/h4-14,19H,3,15H2,1-2H3/t19-,26+,27-/m1/s1. The highest BCUT2D eigenvalue weighted by atomic mass is 16.5. The van der Waals surface area contributed by atoms with E-state index >= 15 is 0 Å². The highest BCUT2D eigenvalue weighted by molar-refractivity contribution is 5.92. The molecule has 0 amide bonds. The molecule has 7 nitrogen and oxygen atoms in total. The number of rotatable bonds is 3. The second-order valence-corrected chi connectivity index (χ2v) is 8.75. The Morgan fingerprint density at radius 2 is 1.88 bits per heavy atom. The second-order valence-electron chi connectivity index (χ2n) is 8.75. The Bertz CT molecular complexity index is 1480. The van der Waals surface area contributed by atoms with Crippen molar-refractivity contribution in [2.24, 2.45) is 5.41 Å². The number of hydrogen-bond acceptors (Lipinski definition) is 7. The maximum absolute atomic E-state index is 13.9. The minimum Gasteiger partial charge on any atom is -0.469 e. The van der Waals surface area contributed by atoms with Gasteiger partial charge in [0.05, 0.1) is 47.3 Å². The predicted molar refractivity (Wildman–Crippen MR) is 125 cm³/mol. The molecular weight excluding hydrogens is 428 g/mol. The molecular formula is C27H22N4O3. The number of benzene rings is 2. The molecule has 34 heavy (non-hydrogen) atoms. The molecule has 0 saturated carbocycles. The monoisotopic (exact) mass is 450 g/mol. The number of esters is 1. The van der Waals surface area contributed by atoms with E-state index in [-0.39, 0.29) is 6.61 Å². The van der Waals surface area contributed by atoms with Crippen LogP contribution in [0, 0.1) is 16.7 Å². The molecule has 0 N–H and O–H groups in total. The van der Waals surface area contributed by atoms with E-state index in [9.17, 15) is 10.1 Å². The number of para-hydroxylation sites is 2. The number of nitrogens with zero attached hydrogens (tertiary/aromatic N) is 4. The molecule has 2 aromatic heterocycles. The zero-order valence-electron chi connectivity index (χ0n) is 18.9. The van der Waals surface area contributed by atoms with Crippen LogP contribution in [0.1, 0.15) is 29.9 Å². The summed E-state index contributed by atoms with van der Waals surface area (Å²) in [6, 6.07) is 21.5. The third kappa shape index (κ3) is 2.31. The molecule has 4 aromatic rings. The fourth-order valence-corrected chi connectivity index (χ4v) is 5.99. The molecule has 168 valence electrons. The van der Waals surface area contributed by atoms with Crippen molar-refractivity contribution in [3.8, 4) is 17.3 Å². The third-order valence-corrected chi connectivity index (χ3v) is 7.27. The highest BCUT2D eigenvalue weighted by Gasteiger charge is 2.75. The number of carbonyl (C=O) groups is 1.